The summed E-state index contributed by atoms with van der Waals surface area (Å²) in [5.74, 6) is 1.55. The summed E-state index contributed by atoms with van der Waals surface area (Å²) in [5, 5.41) is 5.15. The van der Waals surface area contributed by atoms with Crippen molar-refractivity contribution < 1.29 is 14.0 Å². The zero-order chi connectivity index (χ0) is 12.8. The van der Waals surface area contributed by atoms with Crippen LogP contribution >= 0.6 is 0 Å². The van der Waals surface area contributed by atoms with Crippen LogP contribution in [-0.2, 0) is 0 Å². The van der Waals surface area contributed by atoms with Crippen LogP contribution in [0.3, 0.4) is 0 Å². The predicted molar refractivity (Wildman–Crippen MR) is 71.0 cm³/mol. The summed E-state index contributed by atoms with van der Waals surface area (Å²) < 4.78 is 16.1. The summed E-state index contributed by atoms with van der Waals surface area (Å²) in [7, 11) is -1.45. The summed E-state index contributed by atoms with van der Waals surface area (Å²) in [6.07, 6.45) is 0. The number of ether oxygens (including phenoxy) is 2. The molecule has 2 aromatic rings. The van der Waals surface area contributed by atoms with Gasteiger partial charge in [0.25, 0.3) is 0 Å². The second-order valence-corrected chi connectivity index (χ2v) is 10.4. The molecule has 5 heteroatoms. The molecule has 0 spiro atoms. The minimum Gasteiger partial charge on any atom is -0.454 e. The van der Waals surface area contributed by atoms with Crippen LogP contribution in [-0.4, -0.2) is 20.0 Å². The van der Waals surface area contributed by atoms with Crippen LogP contribution in [0.15, 0.2) is 28.8 Å². The Hall–Kier alpha value is -1.75. The van der Waals surface area contributed by atoms with Crippen molar-refractivity contribution in [2.24, 2.45) is 0 Å². The SMILES string of the molecule is C[Si](C)(C)c1cc(-c2ccc3c(c2)OCO3)no1. The molecule has 0 amide bonds. The van der Waals surface area contributed by atoms with Gasteiger partial charge in [-0.1, -0.05) is 24.8 Å². The maximum Gasteiger partial charge on any atom is 0.231 e. The van der Waals surface area contributed by atoms with Gasteiger partial charge in [-0.3, -0.25) is 0 Å². The molecule has 0 N–H and O–H groups in total. The molecular formula is C13H15NO3Si. The van der Waals surface area contributed by atoms with Crippen LogP contribution in [0.1, 0.15) is 0 Å². The van der Waals surface area contributed by atoms with E-state index in [0.29, 0.717) is 0 Å². The first-order valence-electron chi connectivity index (χ1n) is 5.91. The van der Waals surface area contributed by atoms with Crippen LogP contribution in [0.25, 0.3) is 11.3 Å². The fourth-order valence-corrected chi connectivity index (χ4v) is 2.71. The quantitative estimate of drug-likeness (QED) is 0.779. The third-order valence-electron chi connectivity index (χ3n) is 2.92. The number of nitrogens with zero attached hydrogens (tertiary/aromatic N) is 1. The van der Waals surface area contributed by atoms with Crippen molar-refractivity contribution >= 4 is 13.5 Å². The standard InChI is InChI=1S/C13H15NO3Si/c1-18(2,3)13-7-10(14-17-13)9-4-5-11-12(6-9)16-8-15-11/h4-7H,8H2,1-3H3. The Balaban J connectivity index is 1.98. The molecule has 1 aromatic carbocycles. The number of fused-ring (bicyclic) bond motifs is 1. The lowest BCUT2D eigenvalue weighted by atomic mass is 10.1. The maximum absolute atomic E-state index is 5.44. The van der Waals surface area contributed by atoms with E-state index in [4.69, 9.17) is 14.0 Å². The van der Waals surface area contributed by atoms with Gasteiger partial charge in [0, 0.05) is 11.6 Å². The van der Waals surface area contributed by atoms with Gasteiger partial charge in [-0.15, -0.1) is 0 Å². The number of benzene rings is 1. The highest BCUT2D eigenvalue weighted by atomic mass is 28.3. The van der Waals surface area contributed by atoms with E-state index in [0.717, 1.165) is 28.1 Å². The van der Waals surface area contributed by atoms with Crippen molar-refractivity contribution in [3.8, 4) is 22.8 Å². The number of hydrogen-bond donors (Lipinski definition) is 0. The van der Waals surface area contributed by atoms with Gasteiger partial charge in [-0.05, 0) is 18.2 Å². The van der Waals surface area contributed by atoms with Crippen molar-refractivity contribution in [1.82, 2.24) is 5.16 Å². The second-order valence-electron chi connectivity index (χ2n) is 5.39. The van der Waals surface area contributed by atoms with Crippen LogP contribution < -0.4 is 14.9 Å². The third-order valence-corrected chi connectivity index (χ3v) is 4.63. The van der Waals surface area contributed by atoms with E-state index < -0.39 is 8.07 Å². The van der Waals surface area contributed by atoms with Crippen LogP contribution in [0.4, 0.5) is 0 Å². The largest absolute Gasteiger partial charge is 0.454 e. The molecule has 0 atom stereocenters. The molecule has 3 rings (SSSR count). The van der Waals surface area contributed by atoms with Gasteiger partial charge in [0.2, 0.25) is 6.79 Å². The molecule has 2 heterocycles. The molecule has 0 fully saturated rings. The number of rotatable bonds is 2. The molecule has 0 bridgehead atoms. The summed E-state index contributed by atoms with van der Waals surface area (Å²) in [6.45, 7) is 6.99. The zero-order valence-corrected chi connectivity index (χ0v) is 11.7. The molecular weight excluding hydrogens is 246 g/mol. The summed E-state index contributed by atoms with van der Waals surface area (Å²) in [5.41, 5.74) is 1.85. The molecule has 1 aliphatic heterocycles. The summed E-state index contributed by atoms with van der Waals surface area (Å²) in [4.78, 5) is 0. The number of aromatic nitrogens is 1. The van der Waals surface area contributed by atoms with Crippen LogP contribution in [0.2, 0.25) is 19.6 Å². The van der Waals surface area contributed by atoms with E-state index >= 15 is 0 Å². The van der Waals surface area contributed by atoms with Gasteiger partial charge >= 0.3 is 0 Å². The van der Waals surface area contributed by atoms with Gasteiger partial charge in [-0.2, -0.15) is 0 Å². The van der Waals surface area contributed by atoms with Crippen LogP contribution in [0.5, 0.6) is 11.5 Å². The molecule has 1 aliphatic rings. The smallest absolute Gasteiger partial charge is 0.231 e. The summed E-state index contributed by atoms with van der Waals surface area (Å²) in [6, 6.07) is 7.85. The van der Waals surface area contributed by atoms with E-state index in [-0.39, 0.29) is 6.79 Å². The first-order valence-corrected chi connectivity index (χ1v) is 9.41. The fourth-order valence-electron chi connectivity index (χ4n) is 1.82. The van der Waals surface area contributed by atoms with Gasteiger partial charge in [-0.25, -0.2) is 0 Å². The van der Waals surface area contributed by atoms with Crippen molar-refractivity contribution in [3.63, 3.8) is 0 Å². The lowest BCUT2D eigenvalue weighted by Gasteiger charge is -2.08. The molecule has 0 saturated carbocycles. The fraction of sp³-hybridized carbons (Fsp3) is 0.308. The topological polar surface area (TPSA) is 44.5 Å². The summed E-state index contributed by atoms with van der Waals surface area (Å²) >= 11 is 0. The van der Waals surface area contributed by atoms with E-state index in [1.807, 2.05) is 24.3 Å². The third kappa shape index (κ3) is 1.90. The Bertz CT molecular complexity index is 586. The zero-order valence-electron chi connectivity index (χ0n) is 10.7. The van der Waals surface area contributed by atoms with Crippen molar-refractivity contribution in [1.29, 1.82) is 0 Å². The lowest BCUT2D eigenvalue weighted by molar-refractivity contribution is 0.174. The van der Waals surface area contributed by atoms with Gasteiger partial charge in [0.1, 0.15) is 19.2 Å². The minimum absolute atomic E-state index is 0.289. The van der Waals surface area contributed by atoms with E-state index in [1.54, 1.807) is 0 Å². The molecule has 94 valence electrons. The van der Waals surface area contributed by atoms with Crippen molar-refractivity contribution in [2.75, 3.05) is 6.79 Å². The monoisotopic (exact) mass is 261 g/mol. The molecule has 0 saturated heterocycles. The molecule has 0 unspecified atom stereocenters. The van der Waals surface area contributed by atoms with Gasteiger partial charge in [0.15, 0.2) is 11.5 Å². The predicted octanol–water partition coefficient (Wildman–Crippen LogP) is 2.62. The Morgan fingerprint density at radius 1 is 1.06 bits per heavy atom. The van der Waals surface area contributed by atoms with Gasteiger partial charge in [0.05, 0.1) is 0 Å². The molecule has 1 aromatic heterocycles. The maximum atomic E-state index is 5.44. The Kier molecular flexibility index (Phi) is 2.44. The first-order chi connectivity index (χ1) is 8.54. The Morgan fingerprint density at radius 2 is 1.83 bits per heavy atom. The minimum atomic E-state index is -1.45. The molecule has 4 nitrogen and oxygen atoms in total. The normalized spacial score (nSPS) is 13.9. The van der Waals surface area contributed by atoms with Crippen molar-refractivity contribution in [3.05, 3.63) is 24.3 Å². The van der Waals surface area contributed by atoms with E-state index in [2.05, 4.69) is 24.8 Å². The Morgan fingerprint density at radius 3 is 2.56 bits per heavy atom. The van der Waals surface area contributed by atoms with Crippen LogP contribution in [0, 0.1) is 0 Å². The molecule has 0 radical (unpaired) electrons. The highest BCUT2D eigenvalue weighted by molar-refractivity contribution is 6.87. The highest BCUT2D eigenvalue weighted by Gasteiger charge is 2.23. The Labute approximate surface area is 107 Å². The lowest BCUT2D eigenvalue weighted by Crippen LogP contribution is -2.36. The van der Waals surface area contributed by atoms with Crippen molar-refractivity contribution in [2.45, 2.75) is 19.6 Å². The average molecular weight is 261 g/mol. The number of hydrogen-bond acceptors (Lipinski definition) is 4. The van der Waals surface area contributed by atoms with E-state index in [1.165, 1.54) is 0 Å². The first kappa shape index (κ1) is 11.3. The second kappa shape index (κ2) is 3.88. The molecule has 18 heavy (non-hydrogen) atoms. The average Bonchev–Trinajstić information content (AvgIpc) is 2.96. The van der Waals surface area contributed by atoms with E-state index in [9.17, 15) is 0 Å². The van der Waals surface area contributed by atoms with Gasteiger partial charge < -0.3 is 14.0 Å². The highest BCUT2D eigenvalue weighted by Crippen LogP contribution is 2.35. The molecule has 0 aliphatic carbocycles.